The van der Waals surface area contributed by atoms with Crippen LogP contribution in [0.4, 0.5) is 4.79 Å². The van der Waals surface area contributed by atoms with Gasteiger partial charge in [0.05, 0.1) is 6.54 Å². The van der Waals surface area contributed by atoms with Crippen LogP contribution in [-0.2, 0) is 9.53 Å². The van der Waals surface area contributed by atoms with Crippen molar-refractivity contribution in [1.82, 2.24) is 10.0 Å². The molecule has 0 saturated carbocycles. The van der Waals surface area contributed by atoms with Crippen molar-refractivity contribution in [3.63, 3.8) is 0 Å². The molecule has 19 heavy (non-hydrogen) atoms. The predicted octanol–water partition coefficient (Wildman–Crippen LogP) is 1.50. The van der Waals surface area contributed by atoms with E-state index in [0.29, 0.717) is 25.9 Å². The Morgan fingerprint density at radius 2 is 1.89 bits per heavy atom. The van der Waals surface area contributed by atoms with Crippen LogP contribution in [0.3, 0.4) is 0 Å². The minimum Gasteiger partial charge on any atom is -0.442 e. The standard InChI is InChI=1S/C13H25N3O3/c1-12(2,3)19-11(18)16-8-6-10(17)15(16)9-7-13(4,5)14/h6-9,14H2,1-5H3. The minimum absolute atomic E-state index is 0.0601. The van der Waals surface area contributed by atoms with Gasteiger partial charge < -0.3 is 10.5 Å². The molecule has 1 aliphatic heterocycles. The molecule has 0 aromatic carbocycles. The molecular formula is C13H25N3O3. The van der Waals surface area contributed by atoms with E-state index in [0.717, 1.165) is 0 Å². The van der Waals surface area contributed by atoms with Crippen LogP contribution in [0.25, 0.3) is 0 Å². The number of rotatable bonds is 3. The van der Waals surface area contributed by atoms with Crippen LogP contribution >= 0.6 is 0 Å². The van der Waals surface area contributed by atoms with Crippen LogP contribution in [0.5, 0.6) is 0 Å². The van der Waals surface area contributed by atoms with Crippen molar-refractivity contribution in [2.75, 3.05) is 13.1 Å². The third-order valence-corrected chi connectivity index (χ3v) is 2.69. The molecule has 6 nitrogen and oxygen atoms in total. The highest BCUT2D eigenvalue weighted by molar-refractivity contribution is 5.82. The van der Waals surface area contributed by atoms with Gasteiger partial charge in [-0.3, -0.25) is 4.79 Å². The van der Waals surface area contributed by atoms with Crippen molar-refractivity contribution in [3.8, 4) is 0 Å². The van der Waals surface area contributed by atoms with Gasteiger partial charge in [0.15, 0.2) is 0 Å². The van der Waals surface area contributed by atoms with Crippen LogP contribution in [0.1, 0.15) is 47.5 Å². The van der Waals surface area contributed by atoms with E-state index in [1.807, 2.05) is 13.8 Å². The molecule has 2 amide bonds. The summed E-state index contributed by atoms with van der Waals surface area (Å²) in [6.07, 6.45) is 0.482. The molecule has 1 saturated heterocycles. The third-order valence-electron chi connectivity index (χ3n) is 2.69. The number of hydrogen-bond donors (Lipinski definition) is 1. The Bertz CT molecular complexity index is 355. The Hall–Kier alpha value is -1.30. The largest absolute Gasteiger partial charge is 0.442 e. The molecule has 0 atom stereocenters. The summed E-state index contributed by atoms with van der Waals surface area (Å²) in [5, 5.41) is 2.82. The number of carbonyl (C=O) groups excluding carboxylic acids is 2. The molecular weight excluding hydrogens is 246 g/mol. The van der Waals surface area contributed by atoms with Gasteiger partial charge >= 0.3 is 6.09 Å². The molecule has 1 rings (SSSR count). The molecule has 110 valence electrons. The van der Waals surface area contributed by atoms with Gasteiger partial charge in [0.25, 0.3) is 0 Å². The lowest BCUT2D eigenvalue weighted by Crippen LogP contribution is -2.48. The Morgan fingerprint density at radius 3 is 2.37 bits per heavy atom. The van der Waals surface area contributed by atoms with Crippen molar-refractivity contribution in [2.45, 2.75) is 58.6 Å². The maximum Gasteiger partial charge on any atom is 0.429 e. The lowest BCUT2D eigenvalue weighted by Gasteiger charge is -2.32. The molecule has 0 spiro atoms. The SMILES string of the molecule is CC(C)(N)CCN1C(=O)CCN1C(=O)OC(C)(C)C. The van der Waals surface area contributed by atoms with Gasteiger partial charge in [-0.15, -0.1) is 0 Å². The molecule has 1 heterocycles. The first-order chi connectivity index (χ1) is 8.49. The molecule has 2 N–H and O–H groups in total. The van der Waals surface area contributed by atoms with Gasteiger partial charge in [-0.25, -0.2) is 14.8 Å². The fourth-order valence-corrected chi connectivity index (χ4v) is 1.73. The maximum atomic E-state index is 12.0. The van der Waals surface area contributed by atoms with E-state index >= 15 is 0 Å². The Balaban J connectivity index is 2.66. The zero-order chi connectivity index (χ0) is 14.8. The number of carbonyl (C=O) groups is 2. The van der Waals surface area contributed by atoms with Gasteiger partial charge in [-0.1, -0.05) is 0 Å². The first-order valence-electron chi connectivity index (χ1n) is 6.59. The summed E-state index contributed by atoms with van der Waals surface area (Å²) in [5.41, 5.74) is 4.97. The van der Waals surface area contributed by atoms with Crippen molar-refractivity contribution >= 4 is 12.0 Å². The molecule has 1 fully saturated rings. The minimum atomic E-state index is -0.568. The summed E-state index contributed by atoms with van der Waals surface area (Å²) < 4.78 is 5.29. The quantitative estimate of drug-likeness (QED) is 0.844. The molecule has 0 aromatic heterocycles. The molecule has 0 aliphatic carbocycles. The van der Waals surface area contributed by atoms with Crippen molar-refractivity contribution < 1.29 is 14.3 Å². The number of nitrogens with two attached hydrogens (primary N) is 1. The van der Waals surface area contributed by atoms with Gasteiger partial charge in [-0.05, 0) is 41.0 Å². The molecule has 6 heteroatoms. The molecule has 0 radical (unpaired) electrons. The van der Waals surface area contributed by atoms with E-state index in [2.05, 4.69) is 0 Å². The van der Waals surface area contributed by atoms with E-state index in [9.17, 15) is 9.59 Å². The third kappa shape index (κ3) is 5.06. The highest BCUT2D eigenvalue weighted by atomic mass is 16.6. The number of hydrazine groups is 1. The van der Waals surface area contributed by atoms with Crippen LogP contribution < -0.4 is 5.73 Å². The summed E-state index contributed by atoms with van der Waals surface area (Å²) in [6.45, 7) is 10.00. The fraction of sp³-hybridized carbons (Fsp3) is 0.846. The second-order valence-corrected chi connectivity index (χ2v) is 6.61. The van der Waals surface area contributed by atoms with Gasteiger partial charge in [0.1, 0.15) is 5.60 Å². The zero-order valence-corrected chi connectivity index (χ0v) is 12.5. The molecule has 0 aromatic rings. The van der Waals surface area contributed by atoms with Crippen molar-refractivity contribution in [3.05, 3.63) is 0 Å². The molecule has 0 bridgehead atoms. The number of ether oxygens (including phenoxy) is 1. The number of hydrogen-bond acceptors (Lipinski definition) is 4. The summed E-state index contributed by atoms with van der Waals surface area (Å²) in [5.74, 6) is -0.0601. The summed E-state index contributed by atoms with van der Waals surface area (Å²) >= 11 is 0. The fourth-order valence-electron chi connectivity index (χ4n) is 1.73. The van der Waals surface area contributed by atoms with Gasteiger partial charge in [-0.2, -0.15) is 0 Å². The highest BCUT2D eigenvalue weighted by Gasteiger charge is 2.35. The summed E-state index contributed by atoms with van der Waals surface area (Å²) in [7, 11) is 0. The van der Waals surface area contributed by atoms with Crippen LogP contribution in [0, 0.1) is 0 Å². The van der Waals surface area contributed by atoms with Gasteiger partial charge in [0.2, 0.25) is 5.91 Å². The Morgan fingerprint density at radius 1 is 1.32 bits per heavy atom. The molecule has 0 unspecified atom stereocenters. The Kier molecular flexibility index (Phi) is 4.45. The second-order valence-electron chi connectivity index (χ2n) is 6.61. The second kappa shape index (κ2) is 5.36. The van der Waals surface area contributed by atoms with Crippen LogP contribution in [0.15, 0.2) is 0 Å². The monoisotopic (exact) mass is 271 g/mol. The lowest BCUT2D eigenvalue weighted by molar-refractivity contribution is -0.137. The average molecular weight is 271 g/mol. The van der Waals surface area contributed by atoms with E-state index in [4.69, 9.17) is 10.5 Å². The van der Waals surface area contributed by atoms with E-state index in [-0.39, 0.29) is 11.4 Å². The average Bonchev–Trinajstić information content (AvgIpc) is 2.53. The van der Waals surface area contributed by atoms with Crippen molar-refractivity contribution in [1.29, 1.82) is 0 Å². The van der Waals surface area contributed by atoms with E-state index in [1.165, 1.54) is 10.0 Å². The summed E-state index contributed by atoms with van der Waals surface area (Å²) in [4.78, 5) is 23.8. The number of nitrogens with zero attached hydrogens (tertiary/aromatic N) is 2. The highest BCUT2D eigenvalue weighted by Crippen LogP contribution is 2.19. The first-order valence-corrected chi connectivity index (χ1v) is 6.59. The van der Waals surface area contributed by atoms with Crippen molar-refractivity contribution in [2.24, 2.45) is 5.73 Å². The smallest absolute Gasteiger partial charge is 0.429 e. The van der Waals surface area contributed by atoms with Crippen LogP contribution in [-0.4, -0.2) is 46.2 Å². The predicted molar refractivity (Wildman–Crippen MR) is 72.2 cm³/mol. The topological polar surface area (TPSA) is 75.9 Å². The van der Waals surface area contributed by atoms with E-state index in [1.54, 1.807) is 20.8 Å². The van der Waals surface area contributed by atoms with Gasteiger partial charge in [0, 0.05) is 18.5 Å². The molecule has 1 aliphatic rings. The van der Waals surface area contributed by atoms with E-state index < -0.39 is 11.7 Å². The first kappa shape index (κ1) is 15.8. The maximum absolute atomic E-state index is 12.0. The lowest BCUT2D eigenvalue weighted by atomic mass is 10.0. The normalized spacial score (nSPS) is 17.1. The Labute approximate surface area is 114 Å². The number of amides is 2. The zero-order valence-electron chi connectivity index (χ0n) is 12.5. The van der Waals surface area contributed by atoms with Crippen LogP contribution in [0.2, 0.25) is 0 Å². The summed E-state index contributed by atoms with van der Waals surface area (Å²) in [6, 6.07) is 0.